The van der Waals surface area contributed by atoms with Crippen molar-refractivity contribution in [2.45, 2.75) is 58.3 Å². The summed E-state index contributed by atoms with van der Waals surface area (Å²) in [4.78, 5) is 2.26. The fourth-order valence-corrected chi connectivity index (χ4v) is 3.31. The van der Waals surface area contributed by atoms with Crippen LogP contribution >= 0.6 is 0 Å². The summed E-state index contributed by atoms with van der Waals surface area (Å²) in [6, 6.07) is 7.31. The zero-order valence-electron chi connectivity index (χ0n) is 14.8. The zero-order valence-corrected chi connectivity index (χ0v) is 15.6. The van der Waals surface area contributed by atoms with Gasteiger partial charge in [-0.25, -0.2) is 13.2 Å². The summed E-state index contributed by atoms with van der Waals surface area (Å²) in [6.07, 6.45) is 10.5. The van der Waals surface area contributed by atoms with Crippen LogP contribution in [0.1, 0.15) is 63.9 Å². The number of hydrogen-bond acceptors (Lipinski definition) is 4. The van der Waals surface area contributed by atoms with Gasteiger partial charge in [-0.15, -0.1) is 0 Å². The van der Waals surface area contributed by atoms with Crippen LogP contribution in [0.15, 0.2) is 29.4 Å². The van der Waals surface area contributed by atoms with Crippen molar-refractivity contribution < 1.29 is 13.2 Å². The summed E-state index contributed by atoms with van der Waals surface area (Å²) in [5, 5.41) is 3.83. The maximum atomic E-state index is 11.9. The maximum Gasteiger partial charge on any atom is 0.247 e. The number of methoxy groups -OCH3 is 1. The van der Waals surface area contributed by atoms with Crippen molar-refractivity contribution in [1.82, 2.24) is 4.83 Å². The molecule has 0 amide bonds. The third-order valence-corrected chi connectivity index (χ3v) is 5.01. The molecule has 0 saturated carbocycles. The van der Waals surface area contributed by atoms with E-state index in [4.69, 9.17) is 4.74 Å². The summed E-state index contributed by atoms with van der Waals surface area (Å²) in [7, 11) is -1.79. The van der Waals surface area contributed by atoms with E-state index in [-0.39, 0.29) is 5.75 Å². The van der Waals surface area contributed by atoms with Crippen LogP contribution in [0, 0.1) is 0 Å². The number of benzene rings is 1. The number of para-hydroxylation sites is 1. The molecule has 0 aromatic heterocycles. The quantitative estimate of drug-likeness (QED) is 0.329. The minimum Gasteiger partial charge on any atom is -0.496 e. The number of hydrogen-bond donors (Lipinski definition) is 1. The third-order valence-electron chi connectivity index (χ3n) is 3.80. The highest BCUT2D eigenvalue weighted by Gasteiger charge is 2.07. The lowest BCUT2D eigenvalue weighted by molar-refractivity contribution is 0.414. The summed E-state index contributed by atoms with van der Waals surface area (Å²) in [5.74, 6) is 0.772. The minimum absolute atomic E-state index is 0.116. The van der Waals surface area contributed by atoms with E-state index >= 15 is 0 Å². The molecule has 0 radical (unpaired) electrons. The molecule has 0 saturated heterocycles. The van der Waals surface area contributed by atoms with Gasteiger partial charge in [0.1, 0.15) is 5.75 Å². The van der Waals surface area contributed by atoms with Gasteiger partial charge in [0.05, 0.1) is 19.1 Å². The molecule has 0 spiro atoms. The van der Waals surface area contributed by atoms with Crippen LogP contribution in [0.25, 0.3) is 0 Å². The second-order valence-corrected chi connectivity index (χ2v) is 7.71. The van der Waals surface area contributed by atoms with Crippen molar-refractivity contribution in [3.8, 4) is 5.75 Å². The van der Waals surface area contributed by atoms with Gasteiger partial charge in [0.25, 0.3) is 0 Å². The van der Waals surface area contributed by atoms with Crippen molar-refractivity contribution in [3.63, 3.8) is 0 Å². The average Bonchev–Trinajstić information content (AvgIpc) is 2.57. The summed E-state index contributed by atoms with van der Waals surface area (Å²) in [6.45, 7) is 2.20. The molecule has 0 aliphatic rings. The molecule has 1 aromatic rings. The normalized spacial score (nSPS) is 11.8. The fraction of sp³-hybridized carbons (Fsp3) is 0.611. The van der Waals surface area contributed by atoms with E-state index < -0.39 is 10.0 Å². The first-order valence-electron chi connectivity index (χ1n) is 8.74. The highest BCUT2D eigenvalue weighted by Crippen LogP contribution is 2.14. The monoisotopic (exact) mass is 354 g/mol. The van der Waals surface area contributed by atoms with Crippen LogP contribution in [-0.2, 0) is 10.0 Å². The van der Waals surface area contributed by atoms with E-state index in [1.165, 1.54) is 38.3 Å². The predicted octanol–water partition coefficient (Wildman–Crippen LogP) is 4.09. The van der Waals surface area contributed by atoms with Gasteiger partial charge < -0.3 is 4.74 Å². The van der Waals surface area contributed by atoms with E-state index in [0.29, 0.717) is 12.2 Å². The van der Waals surface area contributed by atoms with E-state index in [0.717, 1.165) is 18.4 Å². The Balaban J connectivity index is 2.25. The highest BCUT2D eigenvalue weighted by atomic mass is 32.2. The van der Waals surface area contributed by atoms with Crippen LogP contribution in [0.3, 0.4) is 0 Å². The van der Waals surface area contributed by atoms with Gasteiger partial charge in [0, 0.05) is 5.56 Å². The first-order chi connectivity index (χ1) is 11.6. The van der Waals surface area contributed by atoms with E-state index in [2.05, 4.69) is 16.9 Å². The Labute approximate surface area is 146 Å². The highest BCUT2D eigenvalue weighted by molar-refractivity contribution is 7.89. The Bertz CT molecular complexity index is 586. The lowest BCUT2D eigenvalue weighted by atomic mass is 10.1. The minimum atomic E-state index is -3.36. The predicted molar refractivity (Wildman–Crippen MR) is 100 cm³/mol. The van der Waals surface area contributed by atoms with E-state index in [1.807, 2.05) is 18.2 Å². The zero-order chi connectivity index (χ0) is 17.7. The average molecular weight is 355 g/mol. The van der Waals surface area contributed by atoms with Crippen molar-refractivity contribution in [1.29, 1.82) is 0 Å². The van der Waals surface area contributed by atoms with Crippen molar-refractivity contribution in [3.05, 3.63) is 29.8 Å². The Morgan fingerprint density at radius 3 is 2.33 bits per heavy atom. The number of rotatable bonds is 13. The molecule has 24 heavy (non-hydrogen) atoms. The van der Waals surface area contributed by atoms with Gasteiger partial charge in [-0.1, -0.05) is 64.0 Å². The molecule has 0 aliphatic heterocycles. The van der Waals surface area contributed by atoms with Gasteiger partial charge in [0.15, 0.2) is 0 Å². The number of unbranched alkanes of at least 4 members (excludes halogenated alkanes) is 7. The standard InChI is InChI=1S/C18H30N2O3S/c1-3-4-5-6-7-8-9-12-15-24(21,22)20-19-16-17-13-10-11-14-18(17)23-2/h10-11,13-14,16,20H,3-9,12,15H2,1-2H3. The number of nitrogens with zero attached hydrogens (tertiary/aromatic N) is 1. The molecular weight excluding hydrogens is 324 g/mol. The van der Waals surface area contributed by atoms with Crippen molar-refractivity contribution >= 4 is 16.2 Å². The second-order valence-electron chi connectivity index (χ2n) is 5.89. The molecule has 1 N–H and O–H groups in total. The summed E-state index contributed by atoms with van der Waals surface area (Å²) >= 11 is 0. The van der Waals surface area contributed by atoms with Gasteiger partial charge in [-0.05, 0) is 18.6 Å². The molecule has 6 heteroatoms. The molecule has 0 atom stereocenters. The largest absolute Gasteiger partial charge is 0.496 e. The maximum absolute atomic E-state index is 11.9. The summed E-state index contributed by atoms with van der Waals surface area (Å²) in [5.41, 5.74) is 0.731. The Hall–Kier alpha value is -1.56. The molecule has 0 bridgehead atoms. The van der Waals surface area contributed by atoms with Gasteiger partial charge >= 0.3 is 0 Å². The molecule has 0 heterocycles. The SMILES string of the molecule is CCCCCCCCCCS(=O)(=O)NN=Cc1ccccc1OC. The van der Waals surface area contributed by atoms with E-state index in [1.54, 1.807) is 13.2 Å². The van der Waals surface area contributed by atoms with Gasteiger partial charge in [-0.3, -0.25) is 0 Å². The first-order valence-corrected chi connectivity index (χ1v) is 10.4. The number of ether oxygens (including phenoxy) is 1. The van der Waals surface area contributed by atoms with Crippen LogP contribution in [0.4, 0.5) is 0 Å². The molecule has 0 aliphatic carbocycles. The first kappa shape index (κ1) is 20.5. The van der Waals surface area contributed by atoms with Crippen LogP contribution in [0.5, 0.6) is 5.75 Å². The molecule has 136 valence electrons. The molecule has 0 unspecified atom stereocenters. The summed E-state index contributed by atoms with van der Waals surface area (Å²) < 4.78 is 29.0. The third kappa shape index (κ3) is 8.91. The van der Waals surface area contributed by atoms with Crippen molar-refractivity contribution in [2.24, 2.45) is 5.10 Å². The van der Waals surface area contributed by atoms with Crippen LogP contribution < -0.4 is 9.57 Å². The lowest BCUT2D eigenvalue weighted by Gasteiger charge is -2.05. The Kier molecular flexibility index (Phi) is 10.2. The number of sulfonamides is 1. The lowest BCUT2D eigenvalue weighted by Crippen LogP contribution is -2.21. The Morgan fingerprint density at radius 2 is 1.67 bits per heavy atom. The smallest absolute Gasteiger partial charge is 0.247 e. The second kappa shape index (κ2) is 11.9. The van der Waals surface area contributed by atoms with Crippen LogP contribution in [0.2, 0.25) is 0 Å². The van der Waals surface area contributed by atoms with Gasteiger partial charge in [0.2, 0.25) is 10.0 Å². The van der Waals surface area contributed by atoms with Crippen LogP contribution in [-0.4, -0.2) is 27.5 Å². The Morgan fingerprint density at radius 1 is 1.04 bits per heavy atom. The van der Waals surface area contributed by atoms with Gasteiger partial charge in [-0.2, -0.15) is 5.10 Å². The van der Waals surface area contributed by atoms with Crippen molar-refractivity contribution in [2.75, 3.05) is 12.9 Å². The molecule has 0 fully saturated rings. The number of hydrazone groups is 1. The molecule has 1 aromatic carbocycles. The molecule has 5 nitrogen and oxygen atoms in total. The topological polar surface area (TPSA) is 67.8 Å². The van der Waals surface area contributed by atoms with E-state index in [9.17, 15) is 8.42 Å². The fourth-order valence-electron chi connectivity index (χ4n) is 2.42. The number of nitrogens with one attached hydrogen (secondary N) is 1. The molecular formula is C18H30N2O3S. The molecule has 1 rings (SSSR count).